The average molecular weight is 266 g/mol. The van der Waals surface area contributed by atoms with E-state index in [0.717, 1.165) is 12.1 Å². The van der Waals surface area contributed by atoms with E-state index in [-0.39, 0.29) is 16.3 Å². The SMILES string of the molecule is NNc1cc(Cl)c(S(N)(=O)=O)cc1C(=O)O. The zero-order valence-electron chi connectivity index (χ0n) is 7.77. The Balaban J connectivity index is 3.58. The molecule has 0 aliphatic carbocycles. The monoisotopic (exact) mass is 265 g/mol. The van der Waals surface area contributed by atoms with Crippen molar-refractivity contribution in [3.05, 3.63) is 22.7 Å². The van der Waals surface area contributed by atoms with Gasteiger partial charge in [0.15, 0.2) is 0 Å². The minimum absolute atomic E-state index is 0.00935. The number of benzene rings is 1. The number of carboxylic acid groups (broad SMARTS) is 1. The average Bonchev–Trinajstić information content (AvgIpc) is 2.14. The van der Waals surface area contributed by atoms with Gasteiger partial charge in [-0.25, -0.2) is 18.4 Å². The summed E-state index contributed by atoms with van der Waals surface area (Å²) in [4.78, 5) is 10.3. The number of hydrazine groups is 1. The van der Waals surface area contributed by atoms with E-state index in [4.69, 9.17) is 27.7 Å². The van der Waals surface area contributed by atoms with Crippen LogP contribution in [0.5, 0.6) is 0 Å². The van der Waals surface area contributed by atoms with Crippen LogP contribution < -0.4 is 16.4 Å². The lowest BCUT2D eigenvalue weighted by Crippen LogP contribution is -2.16. The lowest BCUT2D eigenvalue weighted by molar-refractivity contribution is 0.0697. The van der Waals surface area contributed by atoms with Crippen LogP contribution in [0.1, 0.15) is 10.4 Å². The van der Waals surface area contributed by atoms with Crippen molar-refractivity contribution in [3.8, 4) is 0 Å². The van der Waals surface area contributed by atoms with Crippen molar-refractivity contribution in [1.29, 1.82) is 0 Å². The van der Waals surface area contributed by atoms with Gasteiger partial charge in [-0.05, 0) is 12.1 Å². The third kappa shape index (κ3) is 2.42. The minimum atomic E-state index is -4.08. The van der Waals surface area contributed by atoms with Gasteiger partial charge in [0.1, 0.15) is 4.90 Å². The highest BCUT2D eigenvalue weighted by molar-refractivity contribution is 7.89. The van der Waals surface area contributed by atoms with Gasteiger partial charge in [-0.15, -0.1) is 0 Å². The molecule has 0 amide bonds. The maximum atomic E-state index is 11.1. The highest BCUT2D eigenvalue weighted by Crippen LogP contribution is 2.27. The summed E-state index contributed by atoms with van der Waals surface area (Å²) in [6, 6.07) is 1.92. The van der Waals surface area contributed by atoms with Gasteiger partial charge in [0, 0.05) is 0 Å². The Bertz CT molecular complexity index is 543. The van der Waals surface area contributed by atoms with Gasteiger partial charge in [0.05, 0.1) is 16.3 Å². The van der Waals surface area contributed by atoms with Gasteiger partial charge in [-0.1, -0.05) is 11.6 Å². The number of aromatic carboxylic acids is 1. The molecule has 0 saturated carbocycles. The molecule has 1 aromatic rings. The van der Waals surface area contributed by atoms with Crippen LogP contribution in [0.25, 0.3) is 0 Å². The first kappa shape index (κ1) is 12.7. The van der Waals surface area contributed by atoms with Crippen molar-refractivity contribution >= 4 is 33.3 Å². The van der Waals surface area contributed by atoms with Crippen LogP contribution in [0.4, 0.5) is 5.69 Å². The number of hydrogen-bond acceptors (Lipinski definition) is 5. The standard InChI is InChI=1S/C7H8ClN3O4S/c8-4-2-5(11-9)3(7(12)13)1-6(4)16(10,14)15/h1-2,11H,9H2,(H,12,13)(H2,10,14,15). The summed E-state index contributed by atoms with van der Waals surface area (Å²) in [5.41, 5.74) is 1.75. The number of nitrogen functional groups attached to an aromatic ring is 1. The number of hydrogen-bond donors (Lipinski definition) is 4. The molecule has 0 fully saturated rings. The Hall–Kier alpha value is -1.35. The molecule has 0 bridgehead atoms. The van der Waals surface area contributed by atoms with E-state index in [1.807, 2.05) is 0 Å². The molecule has 1 rings (SSSR count). The second kappa shape index (κ2) is 4.26. The summed E-state index contributed by atoms with van der Waals surface area (Å²) in [6.07, 6.45) is 0. The molecule has 0 spiro atoms. The van der Waals surface area contributed by atoms with E-state index < -0.39 is 20.9 Å². The number of rotatable bonds is 3. The minimum Gasteiger partial charge on any atom is -0.478 e. The van der Waals surface area contributed by atoms with Gasteiger partial charge in [0.25, 0.3) is 0 Å². The first-order valence-corrected chi connectivity index (χ1v) is 5.76. The molecule has 88 valence electrons. The highest BCUT2D eigenvalue weighted by atomic mass is 35.5. The molecular weight excluding hydrogens is 258 g/mol. The molecule has 0 aromatic heterocycles. The fourth-order valence-corrected chi connectivity index (χ4v) is 2.17. The van der Waals surface area contributed by atoms with E-state index in [9.17, 15) is 13.2 Å². The number of carboxylic acids is 1. The molecular formula is C7H8ClN3O4S. The van der Waals surface area contributed by atoms with E-state index in [0.29, 0.717) is 0 Å². The van der Waals surface area contributed by atoms with Crippen LogP contribution in [0.3, 0.4) is 0 Å². The van der Waals surface area contributed by atoms with Crippen molar-refractivity contribution in [3.63, 3.8) is 0 Å². The largest absolute Gasteiger partial charge is 0.478 e. The van der Waals surface area contributed by atoms with E-state index >= 15 is 0 Å². The molecule has 0 saturated heterocycles. The van der Waals surface area contributed by atoms with Gasteiger partial charge < -0.3 is 10.5 Å². The van der Waals surface area contributed by atoms with Crippen molar-refractivity contribution in [1.82, 2.24) is 0 Å². The van der Waals surface area contributed by atoms with Crippen molar-refractivity contribution in [2.75, 3.05) is 5.43 Å². The Kier molecular flexibility index (Phi) is 3.38. The number of carbonyl (C=O) groups is 1. The summed E-state index contributed by atoms with van der Waals surface area (Å²) in [5, 5.41) is 13.5. The molecule has 6 N–H and O–H groups in total. The zero-order chi connectivity index (χ0) is 12.5. The predicted octanol–water partition coefficient (Wildman–Crippen LogP) is -0.0288. The van der Waals surface area contributed by atoms with Crippen LogP contribution >= 0.6 is 11.6 Å². The fourth-order valence-electron chi connectivity index (χ4n) is 1.07. The molecule has 0 unspecified atom stereocenters. The van der Waals surface area contributed by atoms with Gasteiger partial charge in [-0.2, -0.15) is 0 Å². The first-order chi connectivity index (χ1) is 7.27. The Morgan fingerprint density at radius 3 is 2.38 bits per heavy atom. The van der Waals surface area contributed by atoms with Crippen LogP contribution in [-0.4, -0.2) is 19.5 Å². The van der Waals surface area contributed by atoms with E-state index in [1.54, 1.807) is 0 Å². The normalized spacial score (nSPS) is 11.2. The van der Waals surface area contributed by atoms with Crippen LogP contribution in [-0.2, 0) is 10.0 Å². The van der Waals surface area contributed by atoms with E-state index in [1.165, 1.54) is 0 Å². The first-order valence-electron chi connectivity index (χ1n) is 3.83. The highest BCUT2D eigenvalue weighted by Gasteiger charge is 2.19. The summed E-state index contributed by atoms with van der Waals surface area (Å²) < 4.78 is 22.2. The summed E-state index contributed by atoms with van der Waals surface area (Å²) >= 11 is 5.62. The third-order valence-electron chi connectivity index (χ3n) is 1.76. The maximum Gasteiger partial charge on any atom is 0.337 e. The van der Waals surface area contributed by atoms with Crippen LogP contribution in [0.2, 0.25) is 5.02 Å². The molecule has 0 heterocycles. The molecule has 0 aliphatic rings. The number of halogens is 1. The van der Waals surface area contributed by atoms with Gasteiger partial charge >= 0.3 is 5.97 Å². The smallest absolute Gasteiger partial charge is 0.337 e. The lowest BCUT2D eigenvalue weighted by atomic mass is 10.2. The van der Waals surface area contributed by atoms with Crippen LogP contribution in [0.15, 0.2) is 17.0 Å². The predicted molar refractivity (Wildman–Crippen MR) is 57.6 cm³/mol. The molecule has 0 atom stereocenters. The molecule has 7 nitrogen and oxygen atoms in total. The number of primary sulfonamides is 1. The number of anilines is 1. The van der Waals surface area contributed by atoms with Crippen molar-refractivity contribution in [2.45, 2.75) is 4.90 Å². The number of nitrogens with one attached hydrogen (secondary N) is 1. The molecule has 1 aromatic carbocycles. The van der Waals surface area contributed by atoms with Gasteiger partial charge in [0.2, 0.25) is 10.0 Å². The Morgan fingerprint density at radius 1 is 1.44 bits per heavy atom. The van der Waals surface area contributed by atoms with Gasteiger partial charge in [-0.3, -0.25) is 5.84 Å². The topological polar surface area (TPSA) is 136 Å². The molecule has 16 heavy (non-hydrogen) atoms. The lowest BCUT2D eigenvalue weighted by Gasteiger charge is -2.08. The Labute approximate surface area is 96.0 Å². The number of nitrogens with two attached hydrogens (primary N) is 2. The molecule has 9 heteroatoms. The Morgan fingerprint density at radius 2 is 2.00 bits per heavy atom. The summed E-state index contributed by atoms with van der Waals surface area (Å²) in [7, 11) is -4.08. The van der Waals surface area contributed by atoms with E-state index in [2.05, 4.69) is 5.43 Å². The molecule has 0 aliphatic heterocycles. The quantitative estimate of drug-likeness (QED) is 0.448. The third-order valence-corrected chi connectivity index (χ3v) is 3.14. The summed E-state index contributed by atoms with van der Waals surface area (Å²) in [6.45, 7) is 0. The summed E-state index contributed by atoms with van der Waals surface area (Å²) in [5.74, 6) is 3.71. The second-order valence-corrected chi connectivity index (χ2v) is 4.76. The fraction of sp³-hybridized carbons (Fsp3) is 0. The maximum absolute atomic E-state index is 11.1. The zero-order valence-corrected chi connectivity index (χ0v) is 9.34. The number of sulfonamides is 1. The van der Waals surface area contributed by atoms with Crippen molar-refractivity contribution in [2.24, 2.45) is 11.0 Å². The van der Waals surface area contributed by atoms with Crippen LogP contribution in [0, 0.1) is 0 Å². The van der Waals surface area contributed by atoms with Crippen molar-refractivity contribution < 1.29 is 18.3 Å². The second-order valence-electron chi connectivity index (χ2n) is 2.82. The molecule has 0 radical (unpaired) electrons.